The van der Waals surface area contributed by atoms with E-state index in [0.717, 1.165) is 17.8 Å². The number of Topliss-reactive ketones (excluding diaryl/α,β-unsaturated/α-hetero) is 1. The summed E-state index contributed by atoms with van der Waals surface area (Å²) in [5.74, 6) is 0.318. The minimum absolute atomic E-state index is 0.0613. The highest BCUT2D eigenvalue weighted by molar-refractivity contribution is 5.98. The lowest BCUT2D eigenvalue weighted by Crippen LogP contribution is -2.35. The zero-order valence-corrected chi connectivity index (χ0v) is 16.8. The van der Waals surface area contributed by atoms with Crippen molar-refractivity contribution in [1.82, 2.24) is 9.88 Å². The predicted octanol–water partition coefficient (Wildman–Crippen LogP) is 4.11. The number of pyridine rings is 1. The molecule has 1 fully saturated rings. The molecule has 5 nitrogen and oxygen atoms in total. The van der Waals surface area contributed by atoms with Crippen molar-refractivity contribution in [1.29, 1.82) is 0 Å². The van der Waals surface area contributed by atoms with E-state index in [1.54, 1.807) is 17.0 Å². The molecule has 2 aromatic rings. The Labute approximate surface area is 173 Å². The average Bonchev–Trinajstić information content (AvgIpc) is 2.98. The maximum Gasteiger partial charge on any atom is 0.417 e. The van der Waals surface area contributed by atoms with E-state index < -0.39 is 11.7 Å². The molecule has 2 heterocycles. The van der Waals surface area contributed by atoms with Gasteiger partial charge >= 0.3 is 6.18 Å². The fourth-order valence-corrected chi connectivity index (χ4v) is 3.40. The fraction of sp³-hybridized carbons (Fsp3) is 0.409. The minimum atomic E-state index is -4.41. The number of hydrogen-bond donors (Lipinski definition) is 0. The molecule has 1 amide bonds. The number of carbonyl (C=O) groups excluding carboxylic acids is 2. The largest absolute Gasteiger partial charge is 0.417 e. The highest BCUT2D eigenvalue weighted by Gasteiger charge is 2.31. The lowest BCUT2D eigenvalue weighted by atomic mass is 10.0. The smallest absolute Gasteiger partial charge is 0.355 e. The maximum absolute atomic E-state index is 12.7. The second kappa shape index (κ2) is 9.28. The van der Waals surface area contributed by atoms with Crippen LogP contribution in [0.15, 0.2) is 42.6 Å². The molecule has 0 saturated carbocycles. The van der Waals surface area contributed by atoms with Gasteiger partial charge in [0.25, 0.3) is 0 Å². The maximum atomic E-state index is 12.7. The number of hydrogen-bond acceptors (Lipinski definition) is 4. The van der Waals surface area contributed by atoms with E-state index in [1.165, 1.54) is 6.07 Å². The van der Waals surface area contributed by atoms with Gasteiger partial charge in [0.2, 0.25) is 5.91 Å². The van der Waals surface area contributed by atoms with Crippen molar-refractivity contribution in [3.05, 3.63) is 59.3 Å². The molecule has 30 heavy (non-hydrogen) atoms. The Morgan fingerprint density at radius 1 is 0.967 bits per heavy atom. The molecule has 1 aromatic carbocycles. The number of amides is 1. The molecular weight excluding hydrogens is 395 g/mol. The molecule has 1 aromatic heterocycles. The number of benzene rings is 1. The number of ketones is 1. The summed E-state index contributed by atoms with van der Waals surface area (Å²) in [4.78, 5) is 32.4. The van der Waals surface area contributed by atoms with Gasteiger partial charge < -0.3 is 9.80 Å². The van der Waals surface area contributed by atoms with Crippen molar-refractivity contribution in [3.63, 3.8) is 0 Å². The highest BCUT2D eigenvalue weighted by Crippen LogP contribution is 2.29. The van der Waals surface area contributed by atoms with Gasteiger partial charge in [0.15, 0.2) is 5.78 Å². The lowest BCUT2D eigenvalue weighted by molar-refractivity contribution is -0.137. The summed E-state index contributed by atoms with van der Waals surface area (Å²) in [7, 11) is 0. The van der Waals surface area contributed by atoms with Crippen LogP contribution in [0.4, 0.5) is 19.0 Å². The van der Waals surface area contributed by atoms with Gasteiger partial charge in [-0.2, -0.15) is 13.2 Å². The van der Waals surface area contributed by atoms with Crippen molar-refractivity contribution >= 4 is 17.5 Å². The van der Waals surface area contributed by atoms with Crippen LogP contribution in [0, 0.1) is 6.92 Å². The third-order valence-electron chi connectivity index (χ3n) is 5.19. The molecule has 0 N–H and O–H groups in total. The molecular formula is C22H24F3N3O2. The van der Waals surface area contributed by atoms with Crippen LogP contribution in [0.2, 0.25) is 0 Å². The molecule has 160 valence electrons. The first-order chi connectivity index (χ1) is 14.2. The number of alkyl halides is 3. The number of rotatable bonds is 5. The molecule has 8 heteroatoms. The summed E-state index contributed by atoms with van der Waals surface area (Å²) in [5, 5.41) is 0. The topological polar surface area (TPSA) is 53.5 Å². The summed E-state index contributed by atoms with van der Waals surface area (Å²) >= 11 is 0. The number of nitrogens with zero attached hydrogens (tertiary/aromatic N) is 3. The predicted molar refractivity (Wildman–Crippen MR) is 107 cm³/mol. The van der Waals surface area contributed by atoms with Crippen LogP contribution >= 0.6 is 0 Å². The van der Waals surface area contributed by atoms with E-state index in [0.29, 0.717) is 44.0 Å². The van der Waals surface area contributed by atoms with E-state index in [-0.39, 0.29) is 24.5 Å². The third-order valence-corrected chi connectivity index (χ3v) is 5.19. The Morgan fingerprint density at radius 3 is 2.33 bits per heavy atom. The Morgan fingerprint density at radius 2 is 1.70 bits per heavy atom. The molecule has 0 atom stereocenters. The molecule has 0 unspecified atom stereocenters. The van der Waals surface area contributed by atoms with Crippen LogP contribution in [0.3, 0.4) is 0 Å². The third kappa shape index (κ3) is 5.58. The molecule has 0 aliphatic carbocycles. The number of aromatic nitrogens is 1. The molecule has 0 spiro atoms. The molecule has 0 radical (unpaired) electrons. The summed E-state index contributed by atoms with van der Waals surface area (Å²) in [6.07, 6.45) is -2.60. The van der Waals surface area contributed by atoms with Gasteiger partial charge in [-0.3, -0.25) is 9.59 Å². The van der Waals surface area contributed by atoms with E-state index in [2.05, 4.69) is 4.98 Å². The van der Waals surface area contributed by atoms with Crippen molar-refractivity contribution in [2.75, 3.05) is 31.1 Å². The van der Waals surface area contributed by atoms with Gasteiger partial charge in [-0.05, 0) is 25.5 Å². The zero-order valence-electron chi connectivity index (χ0n) is 16.8. The van der Waals surface area contributed by atoms with Gasteiger partial charge in [0.05, 0.1) is 5.56 Å². The molecule has 1 saturated heterocycles. The Bertz CT molecular complexity index is 880. The quantitative estimate of drug-likeness (QED) is 0.685. The molecule has 3 rings (SSSR count). The first kappa shape index (κ1) is 21.8. The number of carbonyl (C=O) groups is 2. The van der Waals surface area contributed by atoms with Crippen LogP contribution in [0.5, 0.6) is 0 Å². The normalized spacial score (nSPS) is 15.1. The Hall–Kier alpha value is -2.90. The van der Waals surface area contributed by atoms with E-state index in [1.807, 2.05) is 24.0 Å². The van der Waals surface area contributed by atoms with Crippen molar-refractivity contribution in [2.24, 2.45) is 0 Å². The molecule has 1 aliphatic rings. The minimum Gasteiger partial charge on any atom is -0.355 e. The number of halogens is 3. The highest BCUT2D eigenvalue weighted by atomic mass is 19.4. The zero-order chi connectivity index (χ0) is 21.7. The van der Waals surface area contributed by atoms with Crippen LogP contribution in [0.25, 0.3) is 0 Å². The molecule has 0 bridgehead atoms. The van der Waals surface area contributed by atoms with E-state index in [9.17, 15) is 22.8 Å². The molecule has 1 aliphatic heterocycles. The first-order valence-corrected chi connectivity index (χ1v) is 9.90. The van der Waals surface area contributed by atoms with Gasteiger partial charge in [0.1, 0.15) is 5.82 Å². The standard InChI is InChI=1S/C22H24F3N3O2/c1-16-3-5-17(6-4-16)19(29)8-10-21(30)28-12-2-11-27(13-14-28)20-9-7-18(15-26-20)22(23,24)25/h3-7,9,15H,2,8,10-14H2,1H3. The van der Waals surface area contributed by atoms with Crippen molar-refractivity contribution < 1.29 is 22.8 Å². The van der Waals surface area contributed by atoms with Gasteiger partial charge in [-0.25, -0.2) is 4.98 Å². The van der Waals surface area contributed by atoms with Crippen molar-refractivity contribution in [3.8, 4) is 0 Å². The average molecular weight is 419 g/mol. The first-order valence-electron chi connectivity index (χ1n) is 9.90. The Kier molecular flexibility index (Phi) is 6.74. The Balaban J connectivity index is 1.52. The van der Waals surface area contributed by atoms with Crippen LogP contribution in [0.1, 0.15) is 40.7 Å². The lowest BCUT2D eigenvalue weighted by Gasteiger charge is -2.23. The van der Waals surface area contributed by atoms with Crippen LogP contribution in [-0.4, -0.2) is 47.8 Å². The number of aryl methyl sites for hydroxylation is 1. The van der Waals surface area contributed by atoms with Gasteiger partial charge in [-0.1, -0.05) is 29.8 Å². The monoisotopic (exact) mass is 419 g/mol. The fourth-order valence-electron chi connectivity index (χ4n) is 3.40. The van der Waals surface area contributed by atoms with Gasteiger partial charge in [0, 0.05) is 50.8 Å². The summed E-state index contributed by atoms with van der Waals surface area (Å²) < 4.78 is 38.1. The second-order valence-corrected chi connectivity index (χ2v) is 7.41. The summed E-state index contributed by atoms with van der Waals surface area (Å²) in [6.45, 7) is 4.02. The van der Waals surface area contributed by atoms with E-state index in [4.69, 9.17) is 0 Å². The second-order valence-electron chi connectivity index (χ2n) is 7.41. The van der Waals surface area contributed by atoms with Crippen molar-refractivity contribution in [2.45, 2.75) is 32.4 Å². The van der Waals surface area contributed by atoms with Gasteiger partial charge in [-0.15, -0.1) is 0 Å². The van der Waals surface area contributed by atoms with Crippen LogP contribution in [-0.2, 0) is 11.0 Å². The number of anilines is 1. The van der Waals surface area contributed by atoms with E-state index >= 15 is 0 Å². The summed E-state index contributed by atoms with van der Waals surface area (Å²) in [6, 6.07) is 9.65. The van der Waals surface area contributed by atoms with Crippen LogP contribution < -0.4 is 4.90 Å². The summed E-state index contributed by atoms with van der Waals surface area (Å²) in [5.41, 5.74) is 0.888. The SMILES string of the molecule is Cc1ccc(C(=O)CCC(=O)N2CCCN(c3ccc(C(F)(F)F)cn3)CC2)cc1.